The van der Waals surface area contributed by atoms with Gasteiger partial charge in [0.2, 0.25) is 5.95 Å². The lowest BCUT2D eigenvalue weighted by Gasteiger charge is -2.27. The predicted octanol–water partition coefficient (Wildman–Crippen LogP) is 3.39. The minimum absolute atomic E-state index is 0.304. The van der Waals surface area contributed by atoms with Crippen molar-refractivity contribution in [3.8, 4) is 5.75 Å². The summed E-state index contributed by atoms with van der Waals surface area (Å²) in [6.45, 7) is 10.8. The highest BCUT2D eigenvalue weighted by Gasteiger charge is 2.26. The van der Waals surface area contributed by atoms with Gasteiger partial charge in [0.1, 0.15) is 5.75 Å². The summed E-state index contributed by atoms with van der Waals surface area (Å²) in [7, 11) is 0. The number of nitrogens with zero attached hydrogens (tertiary/aromatic N) is 4. The van der Waals surface area contributed by atoms with E-state index < -0.39 is 0 Å². The van der Waals surface area contributed by atoms with E-state index in [1.54, 1.807) is 12.4 Å². The van der Waals surface area contributed by atoms with Crippen LogP contribution in [-0.2, 0) is 12.0 Å². The predicted molar refractivity (Wildman–Crippen MR) is 135 cm³/mol. The molecule has 1 aliphatic rings. The Balaban J connectivity index is 1.30. The Bertz CT molecular complexity index is 1080. The van der Waals surface area contributed by atoms with Gasteiger partial charge in [-0.25, -0.2) is 19.7 Å². The molecule has 180 valence electrons. The Hall–Kier alpha value is -3.24. The van der Waals surface area contributed by atoms with E-state index in [0.29, 0.717) is 18.3 Å². The minimum Gasteiger partial charge on any atom is -0.494 e. The van der Waals surface area contributed by atoms with Crippen LogP contribution >= 0.6 is 11.3 Å². The maximum Gasteiger partial charge on any atom is 0.321 e. The van der Waals surface area contributed by atoms with Gasteiger partial charge in [0.25, 0.3) is 0 Å². The average Bonchev–Trinajstić information content (AvgIpc) is 3.33. The van der Waals surface area contributed by atoms with E-state index in [0.717, 1.165) is 54.7 Å². The number of nitrogens with one attached hydrogen (secondary N) is 3. The number of carbonyl (C=O) groups excluding carboxylic acids is 1. The summed E-state index contributed by atoms with van der Waals surface area (Å²) >= 11 is 1.41. The van der Waals surface area contributed by atoms with E-state index in [-0.39, 0.29) is 11.4 Å². The van der Waals surface area contributed by atoms with Gasteiger partial charge in [-0.1, -0.05) is 26.0 Å². The van der Waals surface area contributed by atoms with E-state index in [1.165, 1.54) is 11.3 Å². The van der Waals surface area contributed by atoms with Crippen molar-refractivity contribution < 1.29 is 9.53 Å². The summed E-state index contributed by atoms with van der Waals surface area (Å²) in [5.74, 6) is 1.57. The molecule has 1 saturated heterocycles. The van der Waals surface area contributed by atoms with E-state index in [2.05, 4.69) is 61.8 Å². The fourth-order valence-corrected chi connectivity index (χ4v) is 4.56. The summed E-state index contributed by atoms with van der Waals surface area (Å²) in [4.78, 5) is 28.1. The van der Waals surface area contributed by atoms with Crippen molar-refractivity contribution in [2.24, 2.45) is 0 Å². The van der Waals surface area contributed by atoms with Crippen LogP contribution in [0.4, 0.5) is 15.9 Å². The van der Waals surface area contributed by atoms with Crippen LogP contribution in [-0.4, -0.2) is 53.8 Å². The van der Waals surface area contributed by atoms with Gasteiger partial charge in [0.15, 0.2) is 5.13 Å². The van der Waals surface area contributed by atoms with Crippen molar-refractivity contribution in [2.45, 2.75) is 32.7 Å². The molecule has 0 radical (unpaired) electrons. The standard InChI is InChI=1S/C24H31N7O2S/c1-4-33-19-7-5-18(6-8-19)24(2,3)20-16-34-23(29-20)30-22(32)28-15-17-13-26-21(27-14-17)31-11-9-25-10-12-31/h5-8,13-14,16,25H,4,9-12,15H2,1-3H3,(H2,28,29,30,32). The number of benzene rings is 1. The van der Waals surface area contributed by atoms with Crippen molar-refractivity contribution in [2.75, 3.05) is 43.0 Å². The van der Waals surface area contributed by atoms with Crippen molar-refractivity contribution in [3.05, 3.63) is 58.9 Å². The molecular formula is C24H31N7O2S. The second-order valence-corrected chi connectivity index (χ2v) is 9.41. The number of amides is 2. The Kier molecular flexibility index (Phi) is 7.59. The van der Waals surface area contributed by atoms with Gasteiger partial charge in [-0.2, -0.15) is 0 Å². The number of anilines is 2. The number of ether oxygens (including phenoxy) is 1. The summed E-state index contributed by atoms with van der Waals surface area (Å²) in [6, 6.07) is 7.74. The summed E-state index contributed by atoms with van der Waals surface area (Å²) in [5.41, 5.74) is 2.56. The monoisotopic (exact) mass is 481 g/mol. The van der Waals surface area contributed by atoms with Gasteiger partial charge in [-0.15, -0.1) is 11.3 Å². The molecule has 1 aromatic carbocycles. The molecule has 1 aliphatic heterocycles. The molecule has 3 aromatic rings. The molecule has 3 N–H and O–H groups in total. The molecule has 0 unspecified atom stereocenters. The molecule has 0 bridgehead atoms. The Morgan fingerprint density at radius 2 is 1.88 bits per heavy atom. The number of hydrogen-bond acceptors (Lipinski definition) is 8. The molecule has 0 aliphatic carbocycles. The quantitative estimate of drug-likeness (QED) is 0.453. The van der Waals surface area contributed by atoms with Crippen LogP contribution in [0.3, 0.4) is 0 Å². The van der Waals surface area contributed by atoms with Crippen LogP contribution in [0, 0.1) is 0 Å². The number of carbonyl (C=O) groups is 1. The number of hydrogen-bond donors (Lipinski definition) is 3. The van der Waals surface area contributed by atoms with Gasteiger partial charge in [0, 0.05) is 61.5 Å². The van der Waals surface area contributed by atoms with Crippen molar-refractivity contribution >= 4 is 28.4 Å². The molecule has 0 atom stereocenters. The third-order valence-corrected chi connectivity index (χ3v) is 6.55. The van der Waals surface area contributed by atoms with Gasteiger partial charge < -0.3 is 20.3 Å². The van der Waals surface area contributed by atoms with Crippen LogP contribution in [0.5, 0.6) is 5.75 Å². The van der Waals surface area contributed by atoms with Gasteiger partial charge >= 0.3 is 6.03 Å². The van der Waals surface area contributed by atoms with Crippen molar-refractivity contribution in [3.63, 3.8) is 0 Å². The van der Waals surface area contributed by atoms with Crippen LogP contribution < -0.4 is 25.6 Å². The largest absolute Gasteiger partial charge is 0.494 e. The second-order valence-electron chi connectivity index (χ2n) is 8.56. The van der Waals surface area contributed by atoms with Crippen molar-refractivity contribution in [1.29, 1.82) is 0 Å². The molecule has 10 heteroatoms. The Morgan fingerprint density at radius 3 is 2.56 bits per heavy atom. The fourth-order valence-electron chi connectivity index (χ4n) is 3.69. The molecule has 0 saturated carbocycles. The number of thiazole rings is 1. The number of urea groups is 1. The molecule has 9 nitrogen and oxygen atoms in total. The lowest BCUT2D eigenvalue weighted by molar-refractivity contribution is 0.251. The van der Waals surface area contributed by atoms with Crippen LogP contribution in [0.2, 0.25) is 0 Å². The van der Waals surface area contributed by atoms with E-state index in [9.17, 15) is 4.79 Å². The number of piperazine rings is 1. The fraction of sp³-hybridized carbons (Fsp3) is 0.417. The SMILES string of the molecule is CCOc1ccc(C(C)(C)c2csc(NC(=O)NCc3cnc(N4CCNCC4)nc3)n2)cc1. The van der Waals surface area contributed by atoms with Crippen LogP contribution in [0.15, 0.2) is 42.0 Å². The lowest BCUT2D eigenvalue weighted by atomic mass is 9.82. The highest BCUT2D eigenvalue weighted by atomic mass is 32.1. The first-order valence-electron chi connectivity index (χ1n) is 11.5. The first kappa shape index (κ1) is 23.9. The van der Waals surface area contributed by atoms with Crippen molar-refractivity contribution in [1.82, 2.24) is 25.6 Å². The zero-order chi connectivity index (χ0) is 24.0. The lowest BCUT2D eigenvalue weighted by Crippen LogP contribution is -2.44. The Labute approximate surface area is 204 Å². The number of rotatable bonds is 8. The molecule has 34 heavy (non-hydrogen) atoms. The maximum absolute atomic E-state index is 12.4. The maximum atomic E-state index is 12.4. The molecule has 2 amide bonds. The zero-order valence-corrected chi connectivity index (χ0v) is 20.6. The molecule has 3 heterocycles. The summed E-state index contributed by atoms with van der Waals surface area (Å²) in [5, 5.41) is 11.5. The summed E-state index contributed by atoms with van der Waals surface area (Å²) in [6.07, 6.45) is 3.51. The average molecular weight is 482 g/mol. The molecular weight excluding hydrogens is 450 g/mol. The highest BCUT2D eigenvalue weighted by Crippen LogP contribution is 2.34. The first-order chi connectivity index (χ1) is 16.5. The Morgan fingerprint density at radius 1 is 1.18 bits per heavy atom. The topological polar surface area (TPSA) is 104 Å². The minimum atomic E-state index is -0.314. The van der Waals surface area contributed by atoms with Crippen LogP contribution in [0.25, 0.3) is 0 Å². The molecule has 1 fully saturated rings. The summed E-state index contributed by atoms with van der Waals surface area (Å²) < 4.78 is 5.54. The zero-order valence-electron chi connectivity index (χ0n) is 19.8. The van der Waals surface area contributed by atoms with Gasteiger partial charge in [-0.05, 0) is 24.6 Å². The van der Waals surface area contributed by atoms with E-state index in [1.807, 2.05) is 24.4 Å². The number of aromatic nitrogens is 3. The van der Waals surface area contributed by atoms with E-state index >= 15 is 0 Å². The van der Waals surface area contributed by atoms with Gasteiger partial charge in [0.05, 0.1) is 12.3 Å². The second kappa shape index (κ2) is 10.8. The third-order valence-electron chi connectivity index (χ3n) is 5.80. The highest BCUT2D eigenvalue weighted by molar-refractivity contribution is 7.13. The third kappa shape index (κ3) is 5.81. The normalized spacial score (nSPS) is 14.0. The first-order valence-corrected chi connectivity index (χ1v) is 12.3. The van der Waals surface area contributed by atoms with Crippen LogP contribution in [0.1, 0.15) is 37.6 Å². The molecule has 0 spiro atoms. The smallest absolute Gasteiger partial charge is 0.321 e. The molecule has 4 rings (SSSR count). The molecule has 2 aromatic heterocycles. The van der Waals surface area contributed by atoms with Gasteiger partial charge in [-0.3, -0.25) is 5.32 Å². The van der Waals surface area contributed by atoms with E-state index in [4.69, 9.17) is 4.74 Å².